The quantitative estimate of drug-likeness (QED) is 0.778. The molecule has 2 N–H and O–H groups in total. The van der Waals surface area contributed by atoms with Crippen LogP contribution in [0.2, 0.25) is 0 Å². The molecule has 0 radical (unpaired) electrons. The SMILES string of the molecule is CCC1(C(=O)N2CCC(N)C2C)CCCC1. The standard InChI is InChI=1S/C13H24N2O/c1-3-13(7-4-5-8-13)12(16)15-9-6-11(14)10(15)2/h10-11H,3-9,14H2,1-2H3. The molecule has 1 aliphatic carbocycles. The van der Waals surface area contributed by atoms with Crippen LogP contribution in [-0.2, 0) is 4.79 Å². The van der Waals surface area contributed by atoms with Gasteiger partial charge in [-0.15, -0.1) is 0 Å². The summed E-state index contributed by atoms with van der Waals surface area (Å²) in [6, 6.07) is 0.413. The molecule has 2 aliphatic rings. The molecule has 3 nitrogen and oxygen atoms in total. The summed E-state index contributed by atoms with van der Waals surface area (Å²) in [5.74, 6) is 0.382. The molecule has 3 heteroatoms. The Balaban J connectivity index is 2.12. The molecule has 0 aromatic carbocycles. The van der Waals surface area contributed by atoms with E-state index in [0.29, 0.717) is 5.91 Å². The van der Waals surface area contributed by atoms with Crippen molar-refractivity contribution in [3.8, 4) is 0 Å². The fourth-order valence-corrected chi connectivity index (χ4v) is 3.33. The number of hydrogen-bond acceptors (Lipinski definition) is 2. The minimum atomic E-state index is -0.0433. The van der Waals surface area contributed by atoms with Gasteiger partial charge in [0.1, 0.15) is 0 Å². The predicted molar refractivity (Wildman–Crippen MR) is 65.0 cm³/mol. The van der Waals surface area contributed by atoms with Crippen molar-refractivity contribution in [3.63, 3.8) is 0 Å². The lowest BCUT2D eigenvalue weighted by molar-refractivity contribution is -0.142. The Hall–Kier alpha value is -0.570. The molecule has 1 amide bonds. The molecule has 0 aromatic heterocycles. The van der Waals surface area contributed by atoms with E-state index in [0.717, 1.165) is 32.2 Å². The molecule has 1 aliphatic heterocycles. The molecule has 2 atom stereocenters. The van der Waals surface area contributed by atoms with E-state index in [2.05, 4.69) is 13.8 Å². The van der Waals surface area contributed by atoms with Gasteiger partial charge in [0, 0.05) is 24.0 Å². The molecule has 16 heavy (non-hydrogen) atoms. The molecule has 2 rings (SSSR count). The van der Waals surface area contributed by atoms with Gasteiger partial charge in [-0.25, -0.2) is 0 Å². The second-order valence-electron chi connectivity index (χ2n) is 5.53. The zero-order valence-corrected chi connectivity index (χ0v) is 10.5. The van der Waals surface area contributed by atoms with Crippen LogP contribution < -0.4 is 5.73 Å². The average Bonchev–Trinajstić information content (AvgIpc) is 2.88. The number of nitrogens with zero attached hydrogens (tertiary/aromatic N) is 1. The van der Waals surface area contributed by atoms with E-state index < -0.39 is 0 Å². The number of rotatable bonds is 2. The van der Waals surface area contributed by atoms with Crippen molar-refractivity contribution in [2.45, 2.75) is 64.5 Å². The molecule has 2 fully saturated rings. The Morgan fingerprint density at radius 3 is 2.50 bits per heavy atom. The summed E-state index contributed by atoms with van der Waals surface area (Å²) in [6.07, 6.45) is 6.56. The number of carbonyl (C=O) groups is 1. The minimum Gasteiger partial charge on any atom is -0.338 e. The Labute approximate surface area is 98.4 Å². The first-order valence-corrected chi connectivity index (χ1v) is 6.67. The maximum absolute atomic E-state index is 12.6. The van der Waals surface area contributed by atoms with Gasteiger partial charge in [0.05, 0.1) is 0 Å². The van der Waals surface area contributed by atoms with Crippen molar-refractivity contribution in [3.05, 3.63) is 0 Å². The second kappa shape index (κ2) is 4.36. The normalized spacial score (nSPS) is 33.3. The number of hydrogen-bond donors (Lipinski definition) is 1. The van der Waals surface area contributed by atoms with E-state index in [9.17, 15) is 4.79 Å². The van der Waals surface area contributed by atoms with Crippen LogP contribution in [0.3, 0.4) is 0 Å². The number of carbonyl (C=O) groups excluding carboxylic acids is 1. The van der Waals surface area contributed by atoms with Gasteiger partial charge in [0.25, 0.3) is 0 Å². The van der Waals surface area contributed by atoms with E-state index in [1.165, 1.54) is 12.8 Å². The highest BCUT2D eigenvalue weighted by molar-refractivity contribution is 5.83. The predicted octanol–water partition coefficient (Wildman–Crippen LogP) is 1.90. The van der Waals surface area contributed by atoms with Crippen molar-refractivity contribution in [1.82, 2.24) is 4.90 Å². The highest BCUT2D eigenvalue weighted by Crippen LogP contribution is 2.43. The zero-order chi connectivity index (χ0) is 11.8. The monoisotopic (exact) mass is 224 g/mol. The maximum Gasteiger partial charge on any atom is 0.229 e. The molecule has 1 saturated heterocycles. The van der Waals surface area contributed by atoms with Gasteiger partial charge in [0.15, 0.2) is 0 Å². The summed E-state index contributed by atoms with van der Waals surface area (Å²) < 4.78 is 0. The molecular formula is C13H24N2O. The Morgan fingerprint density at radius 2 is 2.06 bits per heavy atom. The second-order valence-corrected chi connectivity index (χ2v) is 5.53. The Morgan fingerprint density at radius 1 is 1.44 bits per heavy atom. The Kier molecular flexibility index (Phi) is 3.24. The molecule has 92 valence electrons. The van der Waals surface area contributed by atoms with Gasteiger partial charge in [-0.2, -0.15) is 0 Å². The third-order valence-corrected chi connectivity index (χ3v) is 4.77. The first kappa shape index (κ1) is 11.9. The van der Waals surface area contributed by atoms with Crippen molar-refractivity contribution in [2.24, 2.45) is 11.1 Å². The van der Waals surface area contributed by atoms with Crippen LogP contribution in [-0.4, -0.2) is 29.4 Å². The van der Waals surface area contributed by atoms with Gasteiger partial charge in [-0.05, 0) is 32.6 Å². The number of nitrogens with two attached hydrogens (primary N) is 1. The molecule has 1 heterocycles. The van der Waals surface area contributed by atoms with E-state index in [1.807, 2.05) is 4.90 Å². The third-order valence-electron chi connectivity index (χ3n) is 4.77. The third kappa shape index (κ3) is 1.75. The highest BCUT2D eigenvalue weighted by atomic mass is 16.2. The molecule has 0 spiro atoms. The van der Waals surface area contributed by atoms with Gasteiger partial charge >= 0.3 is 0 Å². The summed E-state index contributed by atoms with van der Waals surface area (Å²) in [6.45, 7) is 5.11. The van der Waals surface area contributed by atoms with E-state index >= 15 is 0 Å². The zero-order valence-electron chi connectivity index (χ0n) is 10.5. The van der Waals surface area contributed by atoms with Crippen LogP contribution in [0.5, 0.6) is 0 Å². The van der Waals surface area contributed by atoms with Gasteiger partial charge in [-0.3, -0.25) is 4.79 Å². The summed E-state index contributed by atoms with van der Waals surface area (Å²) in [5, 5.41) is 0. The lowest BCUT2D eigenvalue weighted by atomic mass is 9.81. The lowest BCUT2D eigenvalue weighted by Crippen LogP contribution is -2.47. The summed E-state index contributed by atoms with van der Waals surface area (Å²) >= 11 is 0. The fraction of sp³-hybridized carbons (Fsp3) is 0.923. The summed E-state index contributed by atoms with van der Waals surface area (Å²) in [5.41, 5.74) is 5.95. The van der Waals surface area contributed by atoms with Crippen LogP contribution in [0.25, 0.3) is 0 Å². The van der Waals surface area contributed by atoms with Crippen molar-refractivity contribution < 1.29 is 4.79 Å². The van der Waals surface area contributed by atoms with Crippen molar-refractivity contribution in [2.75, 3.05) is 6.54 Å². The summed E-state index contributed by atoms with van der Waals surface area (Å²) in [7, 11) is 0. The van der Waals surface area contributed by atoms with Crippen LogP contribution in [0.15, 0.2) is 0 Å². The molecule has 1 saturated carbocycles. The van der Waals surface area contributed by atoms with Gasteiger partial charge < -0.3 is 10.6 Å². The van der Waals surface area contributed by atoms with E-state index in [1.54, 1.807) is 0 Å². The summed E-state index contributed by atoms with van der Waals surface area (Å²) in [4.78, 5) is 14.7. The van der Waals surface area contributed by atoms with Crippen LogP contribution in [0.4, 0.5) is 0 Å². The lowest BCUT2D eigenvalue weighted by Gasteiger charge is -2.34. The maximum atomic E-state index is 12.6. The van der Waals surface area contributed by atoms with Gasteiger partial charge in [-0.1, -0.05) is 19.8 Å². The molecule has 0 aromatic rings. The van der Waals surface area contributed by atoms with E-state index in [-0.39, 0.29) is 17.5 Å². The number of amides is 1. The van der Waals surface area contributed by atoms with Crippen LogP contribution in [0, 0.1) is 5.41 Å². The molecular weight excluding hydrogens is 200 g/mol. The van der Waals surface area contributed by atoms with Crippen LogP contribution >= 0.6 is 0 Å². The number of likely N-dealkylation sites (tertiary alicyclic amines) is 1. The smallest absolute Gasteiger partial charge is 0.229 e. The van der Waals surface area contributed by atoms with E-state index in [4.69, 9.17) is 5.73 Å². The van der Waals surface area contributed by atoms with Crippen molar-refractivity contribution in [1.29, 1.82) is 0 Å². The molecule has 0 bridgehead atoms. The largest absolute Gasteiger partial charge is 0.338 e. The minimum absolute atomic E-state index is 0.0433. The van der Waals surface area contributed by atoms with Crippen molar-refractivity contribution >= 4 is 5.91 Å². The Bertz CT molecular complexity index is 271. The first-order valence-electron chi connectivity index (χ1n) is 6.67. The molecule has 2 unspecified atom stereocenters. The average molecular weight is 224 g/mol. The first-order chi connectivity index (χ1) is 7.60. The fourth-order valence-electron chi connectivity index (χ4n) is 3.33. The van der Waals surface area contributed by atoms with Gasteiger partial charge in [0.2, 0.25) is 5.91 Å². The van der Waals surface area contributed by atoms with Crippen LogP contribution in [0.1, 0.15) is 52.4 Å². The topological polar surface area (TPSA) is 46.3 Å². The highest BCUT2D eigenvalue weighted by Gasteiger charge is 2.45.